The molecule has 39 heavy (non-hydrogen) atoms. The second-order valence-corrected chi connectivity index (χ2v) is 8.62. The van der Waals surface area contributed by atoms with Crippen LogP contribution in [-0.2, 0) is 12.4 Å². The Labute approximate surface area is 218 Å². The number of amides is 2. The Bertz CT molecular complexity index is 1290. The van der Waals surface area contributed by atoms with Crippen LogP contribution in [0.3, 0.4) is 0 Å². The van der Waals surface area contributed by atoms with Crippen molar-refractivity contribution in [2.24, 2.45) is 0 Å². The fourth-order valence-electron chi connectivity index (χ4n) is 3.93. The number of nitrogens with zero attached hydrogens (tertiary/aromatic N) is 5. The zero-order valence-corrected chi connectivity index (χ0v) is 20.4. The van der Waals surface area contributed by atoms with Crippen LogP contribution in [0, 0.1) is 0 Å². The number of aromatic nitrogens is 3. The molecule has 9 nitrogen and oxygen atoms in total. The third kappa shape index (κ3) is 6.78. The van der Waals surface area contributed by atoms with Crippen LogP contribution in [0.25, 0.3) is 0 Å². The van der Waals surface area contributed by atoms with Gasteiger partial charge in [-0.1, -0.05) is 0 Å². The average molecular weight is 555 g/mol. The zero-order valence-electron chi connectivity index (χ0n) is 20.4. The minimum absolute atomic E-state index is 0.00148. The lowest BCUT2D eigenvalue weighted by Gasteiger charge is -2.36. The molecule has 2 aromatic heterocycles. The number of piperazine rings is 1. The van der Waals surface area contributed by atoms with E-state index >= 15 is 0 Å². The van der Waals surface area contributed by atoms with Gasteiger partial charge in [-0.25, -0.2) is 19.7 Å². The molecular formula is C24H23F6N7O2. The van der Waals surface area contributed by atoms with E-state index in [1.807, 2.05) is 4.90 Å². The first-order valence-corrected chi connectivity index (χ1v) is 11.6. The quantitative estimate of drug-likeness (QED) is 0.427. The van der Waals surface area contributed by atoms with E-state index in [0.29, 0.717) is 29.4 Å². The van der Waals surface area contributed by atoms with Crippen LogP contribution < -0.4 is 20.7 Å². The Morgan fingerprint density at radius 3 is 2.21 bits per heavy atom. The van der Waals surface area contributed by atoms with Crippen molar-refractivity contribution in [1.82, 2.24) is 19.9 Å². The van der Waals surface area contributed by atoms with Crippen LogP contribution >= 0.6 is 0 Å². The molecule has 3 N–H and O–H groups in total. The van der Waals surface area contributed by atoms with Gasteiger partial charge in [-0.2, -0.15) is 26.3 Å². The highest BCUT2D eigenvalue weighted by atomic mass is 19.4. The summed E-state index contributed by atoms with van der Waals surface area (Å²) in [5, 5.41) is 2.16. The van der Waals surface area contributed by atoms with Crippen molar-refractivity contribution < 1.29 is 35.9 Å². The van der Waals surface area contributed by atoms with Crippen molar-refractivity contribution in [2.45, 2.75) is 25.4 Å². The maximum atomic E-state index is 13.1. The molecule has 3 aromatic rings. The van der Waals surface area contributed by atoms with Gasteiger partial charge in [-0.3, -0.25) is 0 Å². The van der Waals surface area contributed by atoms with Crippen molar-refractivity contribution in [3.63, 3.8) is 0 Å². The van der Waals surface area contributed by atoms with Gasteiger partial charge in [0.1, 0.15) is 6.10 Å². The molecule has 1 unspecified atom stereocenters. The fraction of sp³-hybridized carbons (Fsp3) is 0.333. The molecule has 0 aliphatic carbocycles. The summed E-state index contributed by atoms with van der Waals surface area (Å²) in [4.78, 5) is 28.2. The number of rotatable bonds is 5. The van der Waals surface area contributed by atoms with Crippen LogP contribution in [0.4, 0.5) is 48.6 Å². The van der Waals surface area contributed by atoms with Gasteiger partial charge in [0.25, 0.3) is 0 Å². The molecule has 208 valence electrons. The molecule has 1 fully saturated rings. The Hall–Kier alpha value is -4.30. The molecule has 0 saturated carbocycles. The number of anilines is 3. The number of nitrogens with one attached hydrogen (secondary N) is 1. The second-order valence-electron chi connectivity index (χ2n) is 8.62. The van der Waals surface area contributed by atoms with Crippen molar-refractivity contribution in [1.29, 1.82) is 0 Å². The van der Waals surface area contributed by atoms with Crippen molar-refractivity contribution in [3.05, 3.63) is 65.6 Å². The number of hydrogen-bond donors (Lipinski definition) is 2. The monoisotopic (exact) mass is 555 g/mol. The van der Waals surface area contributed by atoms with E-state index in [1.54, 1.807) is 31.3 Å². The van der Waals surface area contributed by atoms with Crippen LogP contribution in [-0.4, -0.2) is 52.1 Å². The largest absolute Gasteiger partial charge is 0.481 e. The summed E-state index contributed by atoms with van der Waals surface area (Å²) in [5.74, 6) is 1.05. The summed E-state index contributed by atoms with van der Waals surface area (Å²) in [6.07, 6.45) is -7.45. The molecule has 0 spiro atoms. The summed E-state index contributed by atoms with van der Waals surface area (Å²) < 4.78 is 84.8. The molecule has 4 rings (SSSR count). The predicted octanol–water partition coefficient (Wildman–Crippen LogP) is 4.99. The molecule has 0 bridgehead atoms. The Kier molecular flexibility index (Phi) is 7.70. The molecular weight excluding hydrogens is 532 g/mol. The van der Waals surface area contributed by atoms with E-state index < -0.39 is 41.3 Å². The highest BCUT2D eigenvalue weighted by Crippen LogP contribution is 2.37. The van der Waals surface area contributed by atoms with Gasteiger partial charge in [0.05, 0.1) is 16.8 Å². The first-order chi connectivity index (χ1) is 18.3. The number of nitrogens with two attached hydrogens (primary N) is 1. The lowest BCUT2D eigenvalue weighted by atomic mass is 10.1. The molecule has 1 aliphatic rings. The number of carbonyl (C=O) groups excluding carboxylic acids is 1. The van der Waals surface area contributed by atoms with Crippen molar-refractivity contribution in [2.75, 3.05) is 42.1 Å². The average Bonchev–Trinajstić information content (AvgIpc) is 2.88. The first kappa shape index (κ1) is 27.7. The van der Waals surface area contributed by atoms with E-state index in [0.717, 1.165) is 0 Å². The Morgan fingerprint density at radius 1 is 0.974 bits per heavy atom. The Morgan fingerprint density at radius 2 is 1.62 bits per heavy atom. The maximum absolute atomic E-state index is 13.1. The third-order valence-electron chi connectivity index (χ3n) is 5.87. The van der Waals surface area contributed by atoms with Crippen LogP contribution in [0.2, 0.25) is 0 Å². The van der Waals surface area contributed by atoms with Gasteiger partial charge >= 0.3 is 18.4 Å². The minimum Gasteiger partial charge on any atom is -0.481 e. The van der Waals surface area contributed by atoms with Crippen LogP contribution in [0.5, 0.6) is 5.75 Å². The highest BCUT2D eigenvalue weighted by molar-refractivity contribution is 5.89. The molecule has 2 amide bonds. The smallest absolute Gasteiger partial charge is 0.416 e. The molecule has 1 aliphatic heterocycles. The normalized spacial score (nSPS) is 15.2. The van der Waals surface area contributed by atoms with Gasteiger partial charge in [0.15, 0.2) is 11.6 Å². The van der Waals surface area contributed by atoms with Crippen LogP contribution in [0.15, 0.2) is 48.8 Å². The third-order valence-corrected chi connectivity index (χ3v) is 5.87. The molecule has 15 heteroatoms. The molecule has 3 heterocycles. The summed E-state index contributed by atoms with van der Waals surface area (Å²) in [6, 6.07) is 5.18. The predicted molar refractivity (Wildman–Crippen MR) is 129 cm³/mol. The van der Waals surface area contributed by atoms with Gasteiger partial charge < -0.3 is 25.6 Å². The number of carbonyl (C=O) groups is 1. The van der Waals surface area contributed by atoms with Gasteiger partial charge in [0.2, 0.25) is 5.95 Å². The molecule has 1 atom stereocenters. The minimum atomic E-state index is -5.02. The number of hydrogen-bond acceptors (Lipinski definition) is 7. The SMILES string of the molecule is CC(Oc1cccnc1N1CCN(C(=O)Nc2cc(C(F)(F)F)cc(C(F)(F)F)c2)CC1)c1ccnc(N)n1. The summed E-state index contributed by atoms with van der Waals surface area (Å²) in [6.45, 7) is 2.60. The fourth-order valence-corrected chi connectivity index (χ4v) is 3.93. The number of benzene rings is 1. The van der Waals surface area contributed by atoms with Gasteiger partial charge in [0, 0.05) is 44.3 Å². The number of nitrogen functional groups attached to an aromatic ring is 1. The summed E-state index contributed by atoms with van der Waals surface area (Å²) in [5.41, 5.74) is 2.56. The standard InChI is InChI=1S/C24H23F6N7O2/c1-14(18-4-6-33-21(31)35-18)39-19-3-2-5-32-20(19)36-7-9-37(10-8-36)22(38)34-17-12-15(23(25,26)27)11-16(13-17)24(28,29)30/h2-6,11-14H,7-10H2,1H3,(H,34,38)(H2,31,33,35). The molecule has 0 radical (unpaired) electrons. The van der Waals surface area contributed by atoms with E-state index in [2.05, 4.69) is 20.3 Å². The van der Waals surface area contributed by atoms with Crippen LogP contribution in [0.1, 0.15) is 29.8 Å². The van der Waals surface area contributed by atoms with E-state index in [-0.39, 0.29) is 38.2 Å². The lowest BCUT2D eigenvalue weighted by molar-refractivity contribution is -0.143. The number of urea groups is 1. The number of ether oxygens (including phenoxy) is 1. The topological polar surface area (TPSA) is 110 Å². The van der Waals surface area contributed by atoms with Gasteiger partial charge in [-0.05, 0) is 43.3 Å². The Balaban J connectivity index is 1.43. The number of halogens is 6. The van der Waals surface area contributed by atoms with E-state index in [9.17, 15) is 31.1 Å². The summed E-state index contributed by atoms with van der Waals surface area (Å²) >= 11 is 0. The number of pyridine rings is 1. The second kappa shape index (κ2) is 10.8. The van der Waals surface area contributed by atoms with Crippen molar-refractivity contribution >= 4 is 23.5 Å². The van der Waals surface area contributed by atoms with E-state index in [1.165, 1.54) is 11.1 Å². The molecule has 1 saturated heterocycles. The number of alkyl halides is 6. The van der Waals surface area contributed by atoms with Crippen molar-refractivity contribution in [3.8, 4) is 5.75 Å². The lowest BCUT2D eigenvalue weighted by Crippen LogP contribution is -2.50. The van der Waals surface area contributed by atoms with E-state index in [4.69, 9.17) is 10.5 Å². The van der Waals surface area contributed by atoms with Gasteiger partial charge in [-0.15, -0.1) is 0 Å². The highest BCUT2D eigenvalue weighted by Gasteiger charge is 2.37. The summed E-state index contributed by atoms with van der Waals surface area (Å²) in [7, 11) is 0. The first-order valence-electron chi connectivity index (χ1n) is 11.6. The maximum Gasteiger partial charge on any atom is 0.416 e. The molecule has 1 aromatic carbocycles. The zero-order chi connectivity index (χ0) is 28.4.